The molecule has 1 aromatic rings. The largest absolute Gasteiger partial charge is 0.496 e. The highest BCUT2D eigenvalue weighted by Gasteiger charge is 2.12. The van der Waals surface area contributed by atoms with Gasteiger partial charge < -0.3 is 15.8 Å². The molecular weight excluding hydrogens is 228 g/mol. The molecule has 18 heavy (non-hydrogen) atoms. The fourth-order valence-electron chi connectivity index (χ4n) is 1.72. The maximum atomic E-state index is 11.7. The van der Waals surface area contributed by atoms with Crippen LogP contribution in [0.3, 0.4) is 0 Å². The molecule has 0 aromatic heterocycles. The van der Waals surface area contributed by atoms with Crippen LogP contribution >= 0.6 is 0 Å². The third kappa shape index (κ3) is 4.37. The monoisotopic (exact) mass is 250 g/mol. The van der Waals surface area contributed by atoms with Gasteiger partial charge in [0.05, 0.1) is 13.2 Å². The van der Waals surface area contributed by atoms with Crippen molar-refractivity contribution in [2.45, 2.75) is 38.8 Å². The first kappa shape index (κ1) is 14.5. The van der Waals surface area contributed by atoms with Crippen LogP contribution in [-0.4, -0.2) is 19.1 Å². The lowest BCUT2D eigenvalue weighted by molar-refractivity contribution is -0.122. The fourth-order valence-corrected chi connectivity index (χ4v) is 1.72. The van der Waals surface area contributed by atoms with Gasteiger partial charge in [0.2, 0.25) is 5.91 Å². The summed E-state index contributed by atoms with van der Waals surface area (Å²) in [7, 11) is 1.62. The molecule has 4 heteroatoms. The third-order valence-corrected chi connectivity index (χ3v) is 2.85. The number of methoxy groups -OCH3 is 1. The van der Waals surface area contributed by atoms with Gasteiger partial charge in [-0.05, 0) is 12.5 Å². The Kier molecular flexibility index (Phi) is 6.22. The van der Waals surface area contributed by atoms with Gasteiger partial charge >= 0.3 is 0 Å². The number of unbranched alkanes of at least 4 members (excludes halogenated alkanes) is 1. The van der Waals surface area contributed by atoms with E-state index in [1.54, 1.807) is 7.11 Å². The Morgan fingerprint density at radius 1 is 1.44 bits per heavy atom. The van der Waals surface area contributed by atoms with Gasteiger partial charge in [-0.25, -0.2) is 0 Å². The summed E-state index contributed by atoms with van der Waals surface area (Å²) in [6.45, 7) is 2.53. The van der Waals surface area contributed by atoms with E-state index in [9.17, 15) is 4.79 Å². The molecule has 1 rings (SSSR count). The van der Waals surface area contributed by atoms with Crippen LogP contribution in [0.25, 0.3) is 0 Å². The Morgan fingerprint density at radius 3 is 2.83 bits per heavy atom. The summed E-state index contributed by atoms with van der Waals surface area (Å²) in [6, 6.07) is 7.20. The van der Waals surface area contributed by atoms with Gasteiger partial charge in [0.1, 0.15) is 5.75 Å². The van der Waals surface area contributed by atoms with Crippen molar-refractivity contribution < 1.29 is 9.53 Å². The minimum absolute atomic E-state index is 0.102. The summed E-state index contributed by atoms with van der Waals surface area (Å²) >= 11 is 0. The Hall–Kier alpha value is -1.55. The van der Waals surface area contributed by atoms with Crippen LogP contribution < -0.4 is 15.8 Å². The maximum absolute atomic E-state index is 11.7. The van der Waals surface area contributed by atoms with Gasteiger partial charge in [-0.15, -0.1) is 0 Å². The summed E-state index contributed by atoms with van der Waals surface area (Å²) in [4.78, 5) is 11.7. The summed E-state index contributed by atoms with van der Waals surface area (Å²) < 4.78 is 5.22. The van der Waals surface area contributed by atoms with Gasteiger partial charge in [0.15, 0.2) is 0 Å². The second kappa shape index (κ2) is 7.71. The first-order valence-corrected chi connectivity index (χ1v) is 6.34. The molecule has 0 spiro atoms. The van der Waals surface area contributed by atoms with Crippen LogP contribution in [-0.2, 0) is 11.3 Å². The molecule has 1 amide bonds. The molecule has 0 bridgehead atoms. The SMILES string of the molecule is CCCC[C@H](N)C(=O)NCc1ccccc1OC. The molecule has 0 aliphatic carbocycles. The minimum Gasteiger partial charge on any atom is -0.496 e. The van der Waals surface area contributed by atoms with Crippen molar-refractivity contribution in [2.24, 2.45) is 5.73 Å². The van der Waals surface area contributed by atoms with E-state index in [2.05, 4.69) is 12.2 Å². The van der Waals surface area contributed by atoms with Gasteiger partial charge in [-0.3, -0.25) is 4.79 Å². The smallest absolute Gasteiger partial charge is 0.237 e. The van der Waals surface area contributed by atoms with Crippen LogP contribution in [0.4, 0.5) is 0 Å². The van der Waals surface area contributed by atoms with Crippen molar-refractivity contribution in [3.63, 3.8) is 0 Å². The van der Waals surface area contributed by atoms with Crippen LogP contribution in [0.2, 0.25) is 0 Å². The summed E-state index contributed by atoms with van der Waals surface area (Å²) in [5.74, 6) is 0.675. The van der Waals surface area contributed by atoms with Crippen molar-refractivity contribution in [3.8, 4) is 5.75 Å². The molecule has 0 saturated heterocycles. The Morgan fingerprint density at radius 2 is 2.17 bits per heavy atom. The number of ether oxygens (including phenoxy) is 1. The second-order valence-electron chi connectivity index (χ2n) is 4.28. The molecule has 0 saturated carbocycles. The number of benzene rings is 1. The lowest BCUT2D eigenvalue weighted by Crippen LogP contribution is -2.40. The highest BCUT2D eigenvalue weighted by atomic mass is 16.5. The lowest BCUT2D eigenvalue weighted by atomic mass is 10.1. The topological polar surface area (TPSA) is 64.4 Å². The van der Waals surface area contributed by atoms with Crippen molar-refractivity contribution >= 4 is 5.91 Å². The van der Waals surface area contributed by atoms with Crippen LogP contribution in [0.5, 0.6) is 5.75 Å². The van der Waals surface area contributed by atoms with E-state index in [4.69, 9.17) is 10.5 Å². The predicted molar refractivity (Wildman–Crippen MR) is 72.3 cm³/mol. The molecule has 0 heterocycles. The Labute approximate surface area is 109 Å². The fraction of sp³-hybridized carbons (Fsp3) is 0.500. The molecule has 4 nitrogen and oxygen atoms in total. The molecule has 1 atom stereocenters. The van der Waals surface area contributed by atoms with E-state index in [1.165, 1.54) is 0 Å². The summed E-state index contributed by atoms with van der Waals surface area (Å²) in [6.07, 6.45) is 2.75. The zero-order valence-corrected chi connectivity index (χ0v) is 11.1. The number of para-hydroxylation sites is 1. The van der Waals surface area contributed by atoms with Gasteiger partial charge in [-0.1, -0.05) is 38.0 Å². The highest BCUT2D eigenvalue weighted by molar-refractivity contribution is 5.81. The zero-order chi connectivity index (χ0) is 13.4. The molecule has 0 aliphatic rings. The number of amides is 1. The number of nitrogens with one attached hydrogen (secondary N) is 1. The van der Waals surface area contributed by atoms with E-state index < -0.39 is 6.04 Å². The third-order valence-electron chi connectivity index (χ3n) is 2.85. The normalized spacial score (nSPS) is 11.9. The zero-order valence-electron chi connectivity index (χ0n) is 11.1. The lowest BCUT2D eigenvalue weighted by Gasteiger charge is -2.13. The Bertz CT molecular complexity index is 380. The minimum atomic E-state index is -0.417. The molecule has 3 N–H and O–H groups in total. The van der Waals surface area contributed by atoms with Crippen molar-refractivity contribution in [1.29, 1.82) is 0 Å². The molecule has 0 aliphatic heterocycles. The maximum Gasteiger partial charge on any atom is 0.237 e. The average molecular weight is 250 g/mol. The van der Waals surface area contributed by atoms with E-state index in [1.807, 2.05) is 24.3 Å². The number of nitrogens with two attached hydrogens (primary N) is 1. The number of carbonyl (C=O) groups excluding carboxylic acids is 1. The number of rotatable bonds is 7. The highest BCUT2D eigenvalue weighted by Crippen LogP contribution is 2.16. The predicted octanol–water partition coefficient (Wildman–Crippen LogP) is 1.83. The standard InChI is InChI=1S/C14H22N2O2/c1-3-4-8-12(15)14(17)16-10-11-7-5-6-9-13(11)18-2/h5-7,9,12H,3-4,8,10,15H2,1-2H3,(H,16,17)/t12-/m0/s1. The first-order chi connectivity index (χ1) is 8.69. The first-order valence-electron chi connectivity index (χ1n) is 6.34. The van der Waals surface area contributed by atoms with Crippen molar-refractivity contribution in [1.82, 2.24) is 5.32 Å². The second-order valence-corrected chi connectivity index (χ2v) is 4.28. The van der Waals surface area contributed by atoms with Crippen LogP contribution in [0.15, 0.2) is 24.3 Å². The molecule has 1 aromatic carbocycles. The molecule has 100 valence electrons. The van der Waals surface area contributed by atoms with Crippen LogP contribution in [0, 0.1) is 0 Å². The number of carbonyl (C=O) groups is 1. The van der Waals surface area contributed by atoms with Crippen molar-refractivity contribution in [3.05, 3.63) is 29.8 Å². The van der Waals surface area contributed by atoms with Gasteiger partial charge in [0, 0.05) is 12.1 Å². The van der Waals surface area contributed by atoms with Gasteiger partial charge in [-0.2, -0.15) is 0 Å². The molecule has 0 radical (unpaired) electrons. The molecular formula is C14H22N2O2. The average Bonchev–Trinajstić information content (AvgIpc) is 2.42. The van der Waals surface area contributed by atoms with E-state index in [-0.39, 0.29) is 5.91 Å². The number of hydrogen-bond acceptors (Lipinski definition) is 3. The van der Waals surface area contributed by atoms with Crippen LogP contribution in [0.1, 0.15) is 31.7 Å². The quantitative estimate of drug-likeness (QED) is 0.776. The van der Waals surface area contributed by atoms with E-state index >= 15 is 0 Å². The molecule has 0 unspecified atom stereocenters. The number of hydrogen-bond donors (Lipinski definition) is 2. The van der Waals surface area contributed by atoms with Crippen molar-refractivity contribution in [2.75, 3.05) is 7.11 Å². The van der Waals surface area contributed by atoms with E-state index in [0.29, 0.717) is 6.54 Å². The summed E-state index contributed by atoms with van der Waals surface area (Å²) in [5.41, 5.74) is 6.75. The molecule has 0 fully saturated rings. The van der Waals surface area contributed by atoms with Gasteiger partial charge in [0.25, 0.3) is 0 Å². The Balaban J connectivity index is 2.46. The summed E-state index contributed by atoms with van der Waals surface area (Å²) in [5, 5.41) is 2.84. The van der Waals surface area contributed by atoms with E-state index in [0.717, 1.165) is 30.6 Å².